The van der Waals surface area contributed by atoms with E-state index in [4.69, 9.17) is 4.74 Å². The number of methoxy groups -OCH3 is 1. The number of hydrogen-bond acceptors (Lipinski definition) is 4. The number of piperidine rings is 1. The van der Waals surface area contributed by atoms with Crippen molar-refractivity contribution in [2.45, 2.75) is 37.8 Å². The summed E-state index contributed by atoms with van der Waals surface area (Å²) < 4.78 is 5.11. The Labute approximate surface area is 127 Å². The third kappa shape index (κ3) is 3.27. The first-order valence-electron chi connectivity index (χ1n) is 7.71. The van der Waals surface area contributed by atoms with Crippen molar-refractivity contribution < 1.29 is 9.53 Å². The minimum absolute atomic E-state index is 0.228. The fourth-order valence-electron chi connectivity index (χ4n) is 3.19. The SMILES string of the molecule is CNC(CN1CCCCC1C)(C(=O)OC)c1ccccc1. The lowest BCUT2D eigenvalue weighted by atomic mass is 9.87. The number of carbonyl (C=O) groups excluding carboxylic acids is 1. The summed E-state index contributed by atoms with van der Waals surface area (Å²) in [4.78, 5) is 14.9. The van der Waals surface area contributed by atoms with Crippen LogP contribution in [0.2, 0.25) is 0 Å². The topological polar surface area (TPSA) is 41.6 Å². The molecule has 1 saturated heterocycles. The summed E-state index contributed by atoms with van der Waals surface area (Å²) in [7, 11) is 3.29. The fourth-order valence-corrected chi connectivity index (χ4v) is 3.19. The van der Waals surface area contributed by atoms with E-state index in [-0.39, 0.29) is 5.97 Å². The maximum Gasteiger partial charge on any atom is 0.332 e. The van der Waals surface area contributed by atoms with Crippen LogP contribution in [0.4, 0.5) is 0 Å². The number of esters is 1. The summed E-state index contributed by atoms with van der Waals surface area (Å²) in [5.41, 5.74) is 0.152. The standard InChI is InChI=1S/C17H26N2O2/c1-14-9-7-8-12-19(14)13-17(18-2,16(20)21-3)15-10-5-4-6-11-15/h4-6,10-11,14,18H,7-9,12-13H2,1-3H3. The quantitative estimate of drug-likeness (QED) is 0.844. The van der Waals surface area contributed by atoms with E-state index in [0.717, 1.165) is 12.1 Å². The van der Waals surface area contributed by atoms with Gasteiger partial charge in [-0.1, -0.05) is 36.8 Å². The van der Waals surface area contributed by atoms with Crippen LogP contribution in [0.25, 0.3) is 0 Å². The first-order valence-corrected chi connectivity index (χ1v) is 7.71. The van der Waals surface area contributed by atoms with Crippen molar-refractivity contribution in [3.63, 3.8) is 0 Å². The minimum atomic E-state index is -0.804. The van der Waals surface area contributed by atoms with Gasteiger partial charge < -0.3 is 10.1 Å². The molecule has 2 unspecified atom stereocenters. The van der Waals surface area contributed by atoms with Gasteiger partial charge in [-0.3, -0.25) is 4.90 Å². The van der Waals surface area contributed by atoms with Gasteiger partial charge in [0.2, 0.25) is 0 Å². The normalized spacial score (nSPS) is 22.5. The number of likely N-dealkylation sites (N-methyl/N-ethyl adjacent to an activating group) is 1. The predicted molar refractivity (Wildman–Crippen MR) is 84.1 cm³/mol. The summed E-state index contributed by atoms with van der Waals surface area (Å²) in [6.45, 7) is 3.91. The van der Waals surface area contributed by atoms with Crippen molar-refractivity contribution in [1.29, 1.82) is 0 Å². The average Bonchev–Trinajstić information content (AvgIpc) is 2.54. The van der Waals surface area contributed by atoms with Crippen LogP contribution >= 0.6 is 0 Å². The monoisotopic (exact) mass is 290 g/mol. The third-order valence-electron chi connectivity index (χ3n) is 4.61. The third-order valence-corrected chi connectivity index (χ3v) is 4.61. The summed E-state index contributed by atoms with van der Waals surface area (Å²) in [6, 6.07) is 10.4. The Balaban J connectivity index is 2.33. The lowest BCUT2D eigenvalue weighted by molar-refractivity contribution is -0.150. The summed E-state index contributed by atoms with van der Waals surface area (Å²) in [5, 5.41) is 3.23. The van der Waals surface area contributed by atoms with Crippen LogP contribution in [0.15, 0.2) is 30.3 Å². The van der Waals surface area contributed by atoms with Crippen LogP contribution in [-0.4, -0.2) is 44.2 Å². The molecule has 0 bridgehead atoms. The fraction of sp³-hybridized carbons (Fsp3) is 0.588. The second-order valence-corrected chi connectivity index (χ2v) is 5.83. The Morgan fingerprint density at radius 1 is 1.38 bits per heavy atom. The van der Waals surface area contributed by atoms with Crippen molar-refractivity contribution in [3.05, 3.63) is 35.9 Å². The van der Waals surface area contributed by atoms with Gasteiger partial charge >= 0.3 is 5.97 Å². The maximum absolute atomic E-state index is 12.5. The van der Waals surface area contributed by atoms with E-state index in [2.05, 4.69) is 17.1 Å². The molecule has 4 heteroatoms. The van der Waals surface area contributed by atoms with Gasteiger partial charge in [0.1, 0.15) is 0 Å². The molecule has 2 atom stereocenters. The molecule has 4 nitrogen and oxygen atoms in total. The lowest BCUT2D eigenvalue weighted by Crippen LogP contribution is -2.57. The van der Waals surface area contributed by atoms with E-state index >= 15 is 0 Å². The van der Waals surface area contributed by atoms with Gasteiger partial charge in [-0.05, 0) is 38.9 Å². The molecular formula is C17H26N2O2. The summed E-state index contributed by atoms with van der Waals surface area (Å²) in [6.07, 6.45) is 3.66. The van der Waals surface area contributed by atoms with Crippen molar-refractivity contribution in [3.8, 4) is 0 Å². The highest BCUT2D eigenvalue weighted by Crippen LogP contribution is 2.27. The second-order valence-electron chi connectivity index (χ2n) is 5.83. The van der Waals surface area contributed by atoms with Crippen molar-refractivity contribution in [1.82, 2.24) is 10.2 Å². The lowest BCUT2D eigenvalue weighted by Gasteiger charge is -2.41. The molecule has 2 rings (SSSR count). The van der Waals surface area contributed by atoms with Gasteiger partial charge in [-0.15, -0.1) is 0 Å². The van der Waals surface area contributed by atoms with Crippen LogP contribution in [0.3, 0.4) is 0 Å². The molecule has 0 aliphatic carbocycles. The number of ether oxygens (including phenoxy) is 1. The Kier molecular flexibility index (Phi) is 5.37. The smallest absolute Gasteiger partial charge is 0.332 e. The Morgan fingerprint density at radius 2 is 2.10 bits per heavy atom. The average molecular weight is 290 g/mol. The number of hydrogen-bond donors (Lipinski definition) is 1. The number of likely N-dealkylation sites (tertiary alicyclic amines) is 1. The van der Waals surface area contributed by atoms with Crippen molar-refractivity contribution in [2.24, 2.45) is 0 Å². The molecular weight excluding hydrogens is 264 g/mol. The van der Waals surface area contributed by atoms with Gasteiger partial charge in [-0.25, -0.2) is 4.79 Å². The molecule has 0 spiro atoms. The molecule has 116 valence electrons. The van der Waals surface area contributed by atoms with E-state index in [1.807, 2.05) is 37.4 Å². The predicted octanol–water partition coefficient (Wildman–Crippen LogP) is 2.15. The van der Waals surface area contributed by atoms with Gasteiger partial charge in [0, 0.05) is 12.6 Å². The molecule has 1 fully saturated rings. The van der Waals surface area contributed by atoms with Crippen molar-refractivity contribution >= 4 is 5.97 Å². The number of rotatable bonds is 5. The van der Waals surface area contributed by atoms with Gasteiger partial charge in [-0.2, -0.15) is 0 Å². The zero-order valence-corrected chi connectivity index (χ0v) is 13.3. The molecule has 21 heavy (non-hydrogen) atoms. The highest BCUT2D eigenvalue weighted by atomic mass is 16.5. The molecule has 0 radical (unpaired) electrons. The largest absolute Gasteiger partial charge is 0.467 e. The van der Waals surface area contributed by atoms with Crippen LogP contribution < -0.4 is 5.32 Å². The molecule has 0 amide bonds. The van der Waals surface area contributed by atoms with E-state index < -0.39 is 5.54 Å². The molecule has 1 aromatic rings. The zero-order chi connectivity index (χ0) is 15.3. The van der Waals surface area contributed by atoms with E-state index in [1.54, 1.807) is 0 Å². The van der Waals surface area contributed by atoms with Crippen LogP contribution in [0.1, 0.15) is 31.7 Å². The molecule has 1 aliphatic heterocycles. The summed E-state index contributed by atoms with van der Waals surface area (Å²) >= 11 is 0. The molecule has 1 aromatic carbocycles. The number of nitrogens with zero attached hydrogens (tertiary/aromatic N) is 1. The van der Waals surface area contributed by atoms with E-state index in [9.17, 15) is 4.79 Å². The Bertz CT molecular complexity index is 463. The van der Waals surface area contributed by atoms with Gasteiger partial charge in [0.05, 0.1) is 7.11 Å². The zero-order valence-electron chi connectivity index (χ0n) is 13.3. The van der Waals surface area contributed by atoms with Crippen molar-refractivity contribution in [2.75, 3.05) is 27.2 Å². The molecule has 1 N–H and O–H groups in total. The van der Waals surface area contributed by atoms with Crippen LogP contribution in [-0.2, 0) is 15.1 Å². The minimum Gasteiger partial charge on any atom is -0.467 e. The highest BCUT2D eigenvalue weighted by molar-refractivity contribution is 5.83. The summed E-state index contributed by atoms with van der Waals surface area (Å²) in [5.74, 6) is -0.228. The molecule has 0 aromatic heterocycles. The second kappa shape index (κ2) is 7.05. The first kappa shape index (κ1) is 16.0. The Morgan fingerprint density at radius 3 is 2.67 bits per heavy atom. The van der Waals surface area contributed by atoms with E-state index in [0.29, 0.717) is 12.6 Å². The highest BCUT2D eigenvalue weighted by Gasteiger charge is 2.42. The Hall–Kier alpha value is -1.39. The van der Waals surface area contributed by atoms with Gasteiger partial charge in [0.25, 0.3) is 0 Å². The molecule has 1 aliphatic rings. The van der Waals surface area contributed by atoms with Crippen LogP contribution in [0.5, 0.6) is 0 Å². The molecule has 0 saturated carbocycles. The van der Waals surface area contributed by atoms with Crippen LogP contribution in [0, 0.1) is 0 Å². The first-order chi connectivity index (χ1) is 10.1. The molecule has 1 heterocycles. The van der Waals surface area contributed by atoms with E-state index in [1.165, 1.54) is 26.4 Å². The number of carbonyl (C=O) groups is 1. The number of benzene rings is 1. The van der Waals surface area contributed by atoms with Gasteiger partial charge in [0.15, 0.2) is 5.54 Å². The maximum atomic E-state index is 12.5. The number of nitrogens with one attached hydrogen (secondary N) is 1.